The molecule has 0 aliphatic heterocycles. The maximum Gasteiger partial charge on any atom is 0.0454 e. The van der Waals surface area contributed by atoms with Crippen LogP contribution in [0, 0.1) is 23.7 Å². The van der Waals surface area contributed by atoms with Gasteiger partial charge in [-0.15, -0.1) is 0 Å². The van der Waals surface area contributed by atoms with Gasteiger partial charge >= 0.3 is 0 Å². The second-order valence-corrected chi connectivity index (χ2v) is 8.35. The Morgan fingerprint density at radius 3 is 2.24 bits per heavy atom. The molecule has 4 fully saturated rings. The first-order valence-electron chi connectivity index (χ1n) is 8.31. The summed E-state index contributed by atoms with van der Waals surface area (Å²) in [4.78, 5) is 0. The lowest BCUT2D eigenvalue weighted by molar-refractivity contribution is -0.0171. The molecule has 3 heteroatoms. The standard InChI is InChI=1S/C18H23Cl2N/c1-10(16-9-15(19)2-3-17(16)20)21-18-13-5-11-4-12(7-13)8-14(18)6-11/h2-3,9-14,18,21H,4-8H2,1H3. The largest absolute Gasteiger partial charge is 0.307 e. The van der Waals surface area contributed by atoms with Crippen LogP contribution in [0.3, 0.4) is 0 Å². The van der Waals surface area contributed by atoms with Crippen LogP contribution in [-0.4, -0.2) is 6.04 Å². The summed E-state index contributed by atoms with van der Waals surface area (Å²) in [5, 5.41) is 5.50. The minimum atomic E-state index is 0.277. The molecule has 0 radical (unpaired) electrons. The Balaban J connectivity index is 1.52. The molecular weight excluding hydrogens is 301 g/mol. The van der Waals surface area contributed by atoms with Gasteiger partial charge < -0.3 is 5.32 Å². The van der Waals surface area contributed by atoms with Crippen molar-refractivity contribution in [1.29, 1.82) is 0 Å². The molecule has 1 aromatic rings. The summed E-state index contributed by atoms with van der Waals surface area (Å²) in [6.45, 7) is 2.22. The summed E-state index contributed by atoms with van der Waals surface area (Å²) in [6.07, 6.45) is 7.29. The number of hydrogen-bond donors (Lipinski definition) is 1. The highest BCUT2D eigenvalue weighted by molar-refractivity contribution is 6.33. The molecule has 1 nitrogen and oxygen atoms in total. The molecule has 21 heavy (non-hydrogen) atoms. The predicted molar refractivity (Wildman–Crippen MR) is 88.8 cm³/mol. The van der Waals surface area contributed by atoms with Crippen LogP contribution in [0.1, 0.15) is 50.6 Å². The Labute approximate surface area is 137 Å². The van der Waals surface area contributed by atoms with Crippen LogP contribution in [0.15, 0.2) is 18.2 Å². The molecule has 4 aliphatic rings. The SMILES string of the molecule is CC(NC1C2CC3CC(C2)CC1C3)c1cc(Cl)ccc1Cl. The van der Waals surface area contributed by atoms with Crippen molar-refractivity contribution in [3.63, 3.8) is 0 Å². The van der Waals surface area contributed by atoms with Gasteiger partial charge in [-0.3, -0.25) is 0 Å². The van der Waals surface area contributed by atoms with Gasteiger partial charge in [-0.05, 0) is 86.5 Å². The number of rotatable bonds is 3. The third-order valence-corrected chi connectivity index (χ3v) is 6.67. The van der Waals surface area contributed by atoms with Crippen LogP contribution in [0.5, 0.6) is 0 Å². The maximum absolute atomic E-state index is 6.36. The van der Waals surface area contributed by atoms with Crippen molar-refractivity contribution in [2.24, 2.45) is 23.7 Å². The number of benzene rings is 1. The number of halogens is 2. The molecule has 1 aromatic carbocycles. The molecule has 0 heterocycles. The molecule has 0 amide bonds. The van der Waals surface area contributed by atoms with E-state index in [1.165, 1.54) is 32.1 Å². The Kier molecular flexibility index (Phi) is 3.72. The van der Waals surface area contributed by atoms with Gasteiger partial charge in [-0.1, -0.05) is 23.2 Å². The van der Waals surface area contributed by atoms with Crippen molar-refractivity contribution in [2.45, 2.75) is 51.1 Å². The normalized spacial score (nSPS) is 38.7. The van der Waals surface area contributed by atoms with Crippen LogP contribution < -0.4 is 5.32 Å². The molecule has 1 unspecified atom stereocenters. The van der Waals surface area contributed by atoms with E-state index < -0.39 is 0 Å². The van der Waals surface area contributed by atoms with Gasteiger partial charge in [0, 0.05) is 22.1 Å². The molecular formula is C18H23Cl2N. The highest BCUT2D eigenvalue weighted by atomic mass is 35.5. The lowest BCUT2D eigenvalue weighted by atomic mass is 9.54. The quantitative estimate of drug-likeness (QED) is 0.777. The summed E-state index contributed by atoms with van der Waals surface area (Å²) in [7, 11) is 0. The Hall–Kier alpha value is -0.240. The fourth-order valence-corrected chi connectivity index (χ4v) is 5.88. The summed E-state index contributed by atoms with van der Waals surface area (Å²) < 4.78 is 0. The highest BCUT2D eigenvalue weighted by Crippen LogP contribution is 2.54. The van der Waals surface area contributed by atoms with Crippen molar-refractivity contribution in [3.05, 3.63) is 33.8 Å². The van der Waals surface area contributed by atoms with Gasteiger partial charge in [0.2, 0.25) is 0 Å². The average molecular weight is 324 g/mol. The molecule has 4 aliphatic carbocycles. The van der Waals surface area contributed by atoms with E-state index in [1.807, 2.05) is 18.2 Å². The fraction of sp³-hybridized carbons (Fsp3) is 0.667. The Morgan fingerprint density at radius 1 is 1.00 bits per heavy atom. The molecule has 4 saturated carbocycles. The molecule has 1 N–H and O–H groups in total. The predicted octanol–water partition coefficient (Wildman–Crippen LogP) is 5.47. The van der Waals surface area contributed by atoms with E-state index in [9.17, 15) is 0 Å². The third kappa shape index (κ3) is 2.62. The monoisotopic (exact) mass is 323 g/mol. The lowest BCUT2D eigenvalue weighted by Gasteiger charge is -2.55. The van der Waals surface area contributed by atoms with Crippen LogP contribution in [0.2, 0.25) is 10.0 Å². The smallest absolute Gasteiger partial charge is 0.0454 e. The van der Waals surface area contributed by atoms with Gasteiger partial charge in [-0.2, -0.15) is 0 Å². The second kappa shape index (κ2) is 5.44. The van der Waals surface area contributed by atoms with E-state index in [-0.39, 0.29) is 6.04 Å². The molecule has 5 rings (SSSR count). The summed E-state index contributed by atoms with van der Waals surface area (Å²) in [5.74, 6) is 3.83. The number of hydrogen-bond acceptors (Lipinski definition) is 1. The van der Waals surface area contributed by atoms with Crippen molar-refractivity contribution in [1.82, 2.24) is 5.32 Å². The van der Waals surface area contributed by atoms with Crippen molar-refractivity contribution < 1.29 is 0 Å². The first-order valence-corrected chi connectivity index (χ1v) is 9.06. The van der Waals surface area contributed by atoms with E-state index in [2.05, 4.69) is 12.2 Å². The van der Waals surface area contributed by atoms with E-state index in [0.717, 1.165) is 39.3 Å². The molecule has 4 bridgehead atoms. The van der Waals surface area contributed by atoms with Crippen molar-refractivity contribution in [2.75, 3.05) is 0 Å². The topological polar surface area (TPSA) is 12.0 Å². The second-order valence-electron chi connectivity index (χ2n) is 7.51. The minimum Gasteiger partial charge on any atom is -0.307 e. The summed E-state index contributed by atoms with van der Waals surface area (Å²) >= 11 is 12.5. The third-order valence-electron chi connectivity index (χ3n) is 6.09. The average Bonchev–Trinajstić information content (AvgIpc) is 2.44. The fourth-order valence-electron chi connectivity index (χ4n) is 5.42. The van der Waals surface area contributed by atoms with E-state index in [1.54, 1.807) is 0 Å². The van der Waals surface area contributed by atoms with Crippen LogP contribution >= 0.6 is 23.2 Å². The van der Waals surface area contributed by atoms with E-state index in [0.29, 0.717) is 6.04 Å². The Morgan fingerprint density at radius 2 is 1.62 bits per heavy atom. The molecule has 0 spiro atoms. The maximum atomic E-state index is 6.36. The first kappa shape index (κ1) is 14.4. The van der Waals surface area contributed by atoms with Crippen molar-refractivity contribution in [3.8, 4) is 0 Å². The molecule has 114 valence electrons. The molecule has 0 saturated heterocycles. The van der Waals surface area contributed by atoms with Gasteiger partial charge in [-0.25, -0.2) is 0 Å². The van der Waals surface area contributed by atoms with Crippen LogP contribution in [0.25, 0.3) is 0 Å². The summed E-state index contributed by atoms with van der Waals surface area (Å²) in [6, 6.07) is 6.75. The zero-order chi connectivity index (χ0) is 14.6. The molecule has 0 aromatic heterocycles. The van der Waals surface area contributed by atoms with Crippen LogP contribution in [-0.2, 0) is 0 Å². The van der Waals surface area contributed by atoms with E-state index >= 15 is 0 Å². The first-order chi connectivity index (χ1) is 10.1. The van der Waals surface area contributed by atoms with Crippen molar-refractivity contribution >= 4 is 23.2 Å². The molecule has 1 atom stereocenters. The van der Waals surface area contributed by atoms with Gasteiger partial charge in [0.15, 0.2) is 0 Å². The zero-order valence-corrected chi connectivity index (χ0v) is 14.0. The minimum absolute atomic E-state index is 0.277. The van der Waals surface area contributed by atoms with E-state index in [4.69, 9.17) is 23.2 Å². The van der Waals surface area contributed by atoms with Gasteiger partial charge in [0.1, 0.15) is 0 Å². The van der Waals surface area contributed by atoms with Gasteiger partial charge in [0.25, 0.3) is 0 Å². The van der Waals surface area contributed by atoms with Gasteiger partial charge in [0.05, 0.1) is 0 Å². The number of nitrogens with one attached hydrogen (secondary N) is 1. The lowest BCUT2D eigenvalue weighted by Crippen LogP contribution is -2.54. The zero-order valence-electron chi connectivity index (χ0n) is 12.5. The Bertz CT molecular complexity index is 514. The van der Waals surface area contributed by atoms with Crippen LogP contribution in [0.4, 0.5) is 0 Å². The highest BCUT2D eigenvalue weighted by Gasteiger charge is 2.48. The summed E-state index contributed by atoms with van der Waals surface area (Å²) in [5.41, 5.74) is 1.14.